The molecule has 7 rings (SSSR count). The summed E-state index contributed by atoms with van der Waals surface area (Å²) in [6.07, 6.45) is -5.43. The number of aromatic nitrogens is 1. The highest BCUT2D eigenvalue weighted by Crippen LogP contribution is 2.44. The Kier molecular flexibility index (Phi) is 8.24. The number of hydrogen-bond acceptors (Lipinski definition) is 7. The van der Waals surface area contributed by atoms with Gasteiger partial charge in [-0.15, -0.1) is 0 Å². The molecule has 0 amide bonds. The van der Waals surface area contributed by atoms with Crippen LogP contribution in [0, 0.1) is 11.8 Å². The number of piperidine rings is 3. The maximum absolute atomic E-state index is 13.4. The lowest BCUT2D eigenvalue weighted by atomic mass is 9.72. The van der Waals surface area contributed by atoms with E-state index in [0.29, 0.717) is 35.2 Å². The summed E-state index contributed by atoms with van der Waals surface area (Å²) in [6, 6.07) is 7.99. The molecule has 3 aliphatic rings. The monoisotopic (exact) mass is 646 g/mol. The second kappa shape index (κ2) is 11.9. The van der Waals surface area contributed by atoms with Gasteiger partial charge in [-0.05, 0) is 84.8 Å². The number of alkyl halides is 6. The van der Waals surface area contributed by atoms with Gasteiger partial charge in [0.1, 0.15) is 17.1 Å². The molecule has 46 heavy (non-hydrogen) atoms. The summed E-state index contributed by atoms with van der Waals surface area (Å²) >= 11 is 0. The first-order chi connectivity index (χ1) is 21.8. The minimum atomic E-state index is -5.01. The minimum absolute atomic E-state index is 0.0444. The molecule has 13 heteroatoms. The van der Waals surface area contributed by atoms with Crippen molar-refractivity contribution in [2.24, 2.45) is 11.8 Å². The average molecular weight is 647 g/mol. The Morgan fingerprint density at radius 2 is 1.67 bits per heavy atom. The molecule has 0 spiro atoms. The van der Waals surface area contributed by atoms with Gasteiger partial charge in [0.15, 0.2) is 0 Å². The highest BCUT2D eigenvalue weighted by molar-refractivity contribution is 5.85. The van der Waals surface area contributed by atoms with Crippen molar-refractivity contribution in [3.05, 3.63) is 91.4 Å². The number of benzene rings is 2. The molecule has 0 saturated carbocycles. The maximum Gasteiger partial charge on any atom is 0.416 e. The topological polar surface area (TPSA) is 83.6 Å². The lowest BCUT2D eigenvalue weighted by Crippen LogP contribution is -2.56. The Bertz CT molecular complexity index is 1800. The molecule has 2 N–H and O–H groups in total. The fourth-order valence-electron chi connectivity index (χ4n) is 7.08. The Morgan fingerprint density at radius 3 is 2.28 bits per heavy atom. The number of fused-ring (bicyclic) bond motifs is 4. The lowest BCUT2D eigenvalue weighted by molar-refractivity contribution is -0.143. The molecular weight excluding hydrogens is 614 g/mol. The fourth-order valence-corrected chi connectivity index (χ4v) is 7.08. The van der Waals surface area contributed by atoms with Crippen LogP contribution in [0.2, 0.25) is 0 Å². The molecule has 4 heterocycles. The third kappa shape index (κ3) is 5.92. The molecule has 1 aromatic heterocycles. The van der Waals surface area contributed by atoms with Gasteiger partial charge < -0.3 is 15.4 Å². The minimum Gasteiger partial charge on any atom is -0.497 e. The predicted octanol–water partition coefficient (Wildman–Crippen LogP) is 6.76. The Balaban J connectivity index is 1.36. The molecule has 0 radical (unpaired) electrons. The van der Waals surface area contributed by atoms with Gasteiger partial charge >= 0.3 is 12.4 Å². The van der Waals surface area contributed by atoms with E-state index in [1.165, 1.54) is 0 Å². The number of anilines is 2. The van der Waals surface area contributed by atoms with Crippen molar-refractivity contribution in [2.45, 2.75) is 57.2 Å². The first-order valence-electron chi connectivity index (χ1n) is 15.1. The first-order valence-corrected chi connectivity index (χ1v) is 15.1. The van der Waals surface area contributed by atoms with Crippen LogP contribution in [0.5, 0.6) is 5.75 Å². The van der Waals surface area contributed by atoms with Gasteiger partial charge in [0.2, 0.25) is 0 Å². The van der Waals surface area contributed by atoms with Crippen molar-refractivity contribution < 1.29 is 31.1 Å². The number of nitrogens with one attached hydrogen (secondary N) is 2. The first kappa shape index (κ1) is 31.8. The third-order valence-corrected chi connectivity index (χ3v) is 9.49. The molecule has 0 aliphatic carbocycles. The Hall–Kier alpha value is -4.13. The smallest absolute Gasteiger partial charge is 0.416 e. The molecule has 3 aliphatic heterocycles. The van der Waals surface area contributed by atoms with Crippen molar-refractivity contribution in [3.63, 3.8) is 0 Å². The summed E-state index contributed by atoms with van der Waals surface area (Å²) < 4.78 is 86.0. The number of rotatable bonds is 9. The Morgan fingerprint density at radius 1 is 0.978 bits per heavy atom. The zero-order valence-corrected chi connectivity index (χ0v) is 25.1. The van der Waals surface area contributed by atoms with Crippen molar-refractivity contribution in [3.8, 4) is 5.75 Å². The largest absolute Gasteiger partial charge is 0.497 e. The molecule has 4 aromatic rings. The van der Waals surface area contributed by atoms with E-state index in [0.717, 1.165) is 43.3 Å². The average Bonchev–Trinajstić information content (AvgIpc) is 3.04. The highest BCUT2D eigenvalue weighted by Gasteiger charge is 2.44. The van der Waals surface area contributed by atoms with E-state index in [1.54, 1.807) is 19.4 Å². The van der Waals surface area contributed by atoms with Crippen LogP contribution >= 0.6 is 0 Å². The van der Waals surface area contributed by atoms with Gasteiger partial charge in [0, 0.05) is 30.7 Å². The van der Waals surface area contributed by atoms with Gasteiger partial charge in [0.05, 0.1) is 29.8 Å². The third-order valence-electron chi connectivity index (χ3n) is 9.49. The highest BCUT2D eigenvalue weighted by atomic mass is 19.4. The number of ether oxygens (including phenoxy) is 1. The van der Waals surface area contributed by atoms with Crippen LogP contribution in [0.4, 0.5) is 37.7 Å². The molecule has 3 saturated heterocycles. The van der Waals surface area contributed by atoms with E-state index in [2.05, 4.69) is 27.4 Å². The molecular formula is C33H32F6N4O3. The van der Waals surface area contributed by atoms with Crippen LogP contribution in [-0.4, -0.2) is 36.1 Å². The van der Waals surface area contributed by atoms with Crippen molar-refractivity contribution in [1.29, 1.82) is 0 Å². The van der Waals surface area contributed by atoms with Crippen LogP contribution in [0.25, 0.3) is 10.9 Å². The number of pyridine rings is 1. The van der Waals surface area contributed by atoms with Crippen LogP contribution in [-0.2, 0) is 18.9 Å². The Labute approximate surface area is 260 Å². The molecule has 7 nitrogen and oxygen atoms in total. The molecule has 2 bridgehead atoms. The van der Waals surface area contributed by atoms with E-state index < -0.39 is 46.9 Å². The maximum atomic E-state index is 13.4. The summed E-state index contributed by atoms with van der Waals surface area (Å²) in [5, 5.41) is 6.74. The zero-order chi connectivity index (χ0) is 33.0. The predicted molar refractivity (Wildman–Crippen MR) is 162 cm³/mol. The second-order valence-corrected chi connectivity index (χ2v) is 12.1. The summed E-state index contributed by atoms with van der Waals surface area (Å²) in [7, 11) is 1.55. The van der Waals surface area contributed by atoms with Gasteiger partial charge in [-0.3, -0.25) is 19.5 Å². The normalized spacial score (nSPS) is 22.3. The van der Waals surface area contributed by atoms with E-state index in [1.807, 2.05) is 18.2 Å². The second-order valence-electron chi connectivity index (χ2n) is 12.1. The molecule has 3 aromatic carbocycles. The number of hydrogen-bond donors (Lipinski definition) is 2. The SMILES string of the molecule is CC[C@H]1CN2CC[C@H]1C[C@@H]2[C@H](Nc1c(NCc2cc(C(F)(F)F)cc(C(F)(F)F)c2)c(=O)c1=O)c1ccnc2ccc(OC)cc12. The summed E-state index contributed by atoms with van der Waals surface area (Å²) in [4.78, 5) is 32.6. The molecule has 3 fully saturated rings. The standard InChI is InChI=1S/C33H32F6N4O3/c1-3-18-16-43-9-7-19(18)12-26(43)27(23-6-8-40-25-5-4-22(46-2)14-24(23)25)42-29-28(30(44)31(29)45)41-15-17-10-20(32(34,35)36)13-21(11-17)33(37,38)39/h4-6,8,10-11,13-14,18-19,26-27,41-42H,3,7,9,12,15-16H2,1-2H3/t18-,19-,26+,27+/m0/s1. The van der Waals surface area contributed by atoms with Crippen molar-refractivity contribution in [1.82, 2.24) is 9.88 Å². The van der Waals surface area contributed by atoms with Crippen LogP contribution in [0.1, 0.15) is 54.5 Å². The summed E-state index contributed by atoms with van der Waals surface area (Å²) in [5.74, 6) is 1.62. The number of nitrogens with zero attached hydrogens (tertiary/aromatic N) is 2. The van der Waals surface area contributed by atoms with E-state index in [9.17, 15) is 35.9 Å². The van der Waals surface area contributed by atoms with Gasteiger partial charge in [-0.1, -0.05) is 13.3 Å². The van der Waals surface area contributed by atoms with Gasteiger partial charge in [0.25, 0.3) is 10.9 Å². The lowest BCUT2D eigenvalue weighted by Gasteiger charge is -2.52. The van der Waals surface area contributed by atoms with Crippen molar-refractivity contribution in [2.75, 3.05) is 30.8 Å². The van der Waals surface area contributed by atoms with E-state index in [4.69, 9.17) is 4.74 Å². The molecule has 244 valence electrons. The fraction of sp³-hybridized carbons (Fsp3) is 0.424. The van der Waals surface area contributed by atoms with Crippen molar-refractivity contribution >= 4 is 22.3 Å². The molecule has 5 atom stereocenters. The van der Waals surface area contributed by atoms with Gasteiger partial charge in [-0.2, -0.15) is 26.3 Å². The quantitative estimate of drug-likeness (QED) is 0.154. The van der Waals surface area contributed by atoms with Gasteiger partial charge in [-0.25, -0.2) is 0 Å². The summed E-state index contributed by atoms with van der Waals surface area (Å²) in [6.45, 7) is 3.38. The van der Waals surface area contributed by atoms with Crippen LogP contribution in [0.15, 0.2) is 58.3 Å². The van der Waals surface area contributed by atoms with Crippen LogP contribution < -0.4 is 26.2 Å². The zero-order valence-electron chi connectivity index (χ0n) is 25.1. The number of methoxy groups -OCH3 is 1. The van der Waals surface area contributed by atoms with E-state index in [-0.39, 0.29) is 29.0 Å². The van der Waals surface area contributed by atoms with Crippen LogP contribution in [0.3, 0.4) is 0 Å². The number of halogens is 6. The summed E-state index contributed by atoms with van der Waals surface area (Å²) in [5.41, 5.74) is -3.70. The molecule has 1 unspecified atom stereocenters. The van der Waals surface area contributed by atoms with E-state index >= 15 is 0 Å².